The van der Waals surface area contributed by atoms with Crippen molar-refractivity contribution in [3.8, 4) is 0 Å². The fourth-order valence-corrected chi connectivity index (χ4v) is 1.57. The molecule has 1 heterocycles. The fraction of sp³-hybridized carbons (Fsp3) is 0.154. The number of hydrogen-bond acceptors (Lipinski definition) is 4. The maximum atomic E-state index is 13.0. The first-order valence-electron chi connectivity index (χ1n) is 5.99. The van der Waals surface area contributed by atoms with Crippen molar-refractivity contribution < 1.29 is 18.7 Å². The van der Waals surface area contributed by atoms with Crippen LogP contribution in [0.5, 0.6) is 0 Å². The van der Waals surface area contributed by atoms with Crippen molar-refractivity contribution in [2.24, 2.45) is 0 Å². The summed E-state index contributed by atoms with van der Waals surface area (Å²) < 4.78 is 18.8. The molecule has 0 spiro atoms. The SMILES string of the molecule is COC(=O)Cn1cc(NC(=O)Nc2cccc(F)c2)cn1. The Morgan fingerprint density at radius 1 is 1.33 bits per heavy atom. The lowest BCUT2D eigenvalue weighted by molar-refractivity contribution is -0.141. The molecule has 0 radical (unpaired) electrons. The molecule has 21 heavy (non-hydrogen) atoms. The van der Waals surface area contributed by atoms with Crippen LogP contribution < -0.4 is 10.6 Å². The molecule has 0 saturated heterocycles. The molecule has 2 aromatic rings. The number of benzene rings is 1. The molecule has 0 aliphatic carbocycles. The molecule has 0 atom stereocenters. The number of carbonyl (C=O) groups excluding carboxylic acids is 2. The second kappa shape index (κ2) is 6.51. The van der Waals surface area contributed by atoms with E-state index < -0.39 is 17.8 Å². The van der Waals surface area contributed by atoms with E-state index in [1.165, 1.54) is 42.4 Å². The van der Waals surface area contributed by atoms with Gasteiger partial charge in [-0.05, 0) is 18.2 Å². The van der Waals surface area contributed by atoms with Gasteiger partial charge in [0, 0.05) is 11.9 Å². The zero-order valence-electron chi connectivity index (χ0n) is 11.2. The Morgan fingerprint density at radius 2 is 2.10 bits per heavy atom. The minimum Gasteiger partial charge on any atom is -0.468 e. The number of nitrogens with one attached hydrogen (secondary N) is 2. The van der Waals surface area contributed by atoms with Crippen LogP contribution in [0.15, 0.2) is 36.7 Å². The summed E-state index contributed by atoms with van der Waals surface area (Å²) in [6.07, 6.45) is 2.86. The van der Waals surface area contributed by atoms with E-state index in [0.29, 0.717) is 11.4 Å². The largest absolute Gasteiger partial charge is 0.468 e. The Labute approximate surface area is 119 Å². The number of amides is 2. The maximum absolute atomic E-state index is 13.0. The molecule has 0 aliphatic rings. The monoisotopic (exact) mass is 292 g/mol. The number of urea groups is 1. The van der Waals surface area contributed by atoms with Crippen LogP contribution in [-0.2, 0) is 16.1 Å². The van der Waals surface area contributed by atoms with Crippen molar-refractivity contribution in [3.63, 3.8) is 0 Å². The number of halogens is 1. The number of methoxy groups -OCH3 is 1. The van der Waals surface area contributed by atoms with E-state index in [4.69, 9.17) is 0 Å². The zero-order valence-corrected chi connectivity index (χ0v) is 11.2. The highest BCUT2D eigenvalue weighted by Gasteiger charge is 2.07. The Hall–Kier alpha value is -2.90. The first kappa shape index (κ1) is 14.5. The first-order chi connectivity index (χ1) is 10.1. The molecule has 8 heteroatoms. The van der Waals surface area contributed by atoms with Crippen molar-refractivity contribution in [2.45, 2.75) is 6.54 Å². The predicted octanol–water partition coefficient (Wildman–Crippen LogP) is 1.84. The van der Waals surface area contributed by atoms with Gasteiger partial charge in [-0.25, -0.2) is 9.18 Å². The Bertz CT molecular complexity index is 656. The quantitative estimate of drug-likeness (QED) is 0.842. The van der Waals surface area contributed by atoms with Crippen molar-refractivity contribution in [2.75, 3.05) is 17.7 Å². The van der Waals surface area contributed by atoms with Crippen LogP contribution >= 0.6 is 0 Å². The van der Waals surface area contributed by atoms with Crippen molar-refractivity contribution >= 4 is 23.4 Å². The van der Waals surface area contributed by atoms with Crippen LogP contribution in [0.4, 0.5) is 20.6 Å². The van der Waals surface area contributed by atoms with Crippen LogP contribution in [0.3, 0.4) is 0 Å². The summed E-state index contributed by atoms with van der Waals surface area (Å²) in [5.74, 6) is -0.896. The minimum absolute atomic E-state index is 0.0519. The van der Waals surface area contributed by atoms with Crippen molar-refractivity contribution in [1.82, 2.24) is 9.78 Å². The van der Waals surface area contributed by atoms with Crippen LogP contribution in [0, 0.1) is 5.82 Å². The molecule has 0 aliphatic heterocycles. The van der Waals surface area contributed by atoms with E-state index in [-0.39, 0.29) is 6.54 Å². The van der Waals surface area contributed by atoms with Crippen molar-refractivity contribution in [1.29, 1.82) is 0 Å². The standard InChI is InChI=1S/C13H13FN4O3/c1-21-12(19)8-18-7-11(6-15-18)17-13(20)16-10-4-2-3-9(14)5-10/h2-7H,8H2,1H3,(H2,16,17,20). The van der Waals surface area contributed by atoms with Gasteiger partial charge in [0.1, 0.15) is 12.4 Å². The molecule has 0 bridgehead atoms. The van der Waals surface area contributed by atoms with Gasteiger partial charge in [-0.1, -0.05) is 6.07 Å². The van der Waals surface area contributed by atoms with Crippen LogP contribution in [0.25, 0.3) is 0 Å². The van der Waals surface area contributed by atoms with E-state index in [9.17, 15) is 14.0 Å². The van der Waals surface area contributed by atoms with Gasteiger partial charge in [-0.3, -0.25) is 9.48 Å². The average Bonchev–Trinajstić information content (AvgIpc) is 2.85. The third kappa shape index (κ3) is 4.30. The summed E-state index contributed by atoms with van der Waals surface area (Å²) in [6.45, 7) is -0.0519. The summed E-state index contributed by atoms with van der Waals surface area (Å²) in [5.41, 5.74) is 0.724. The summed E-state index contributed by atoms with van der Waals surface area (Å²) in [6, 6.07) is 4.97. The fourth-order valence-electron chi connectivity index (χ4n) is 1.57. The number of hydrogen-bond donors (Lipinski definition) is 2. The van der Waals surface area contributed by atoms with Crippen LogP contribution in [-0.4, -0.2) is 28.9 Å². The van der Waals surface area contributed by atoms with Gasteiger partial charge >= 0.3 is 12.0 Å². The molecule has 0 saturated carbocycles. The second-order valence-corrected chi connectivity index (χ2v) is 4.09. The maximum Gasteiger partial charge on any atom is 0.327 e. The van der Waals surface area contributed by atoms with Gasteiger partial charge in [-0.2, -0.15) is 5.10 Å². The highest BCUT2D eigenvalue weighted by atomic mass is 19.1. The van der Waals surface area contributed by atoms with E-state index in [1.54, 1.807) is 6.07 Å². The van der Waals surface area contributed by atoms with E-state index in [0.717, 1.165) is 0 Å². The first-order valence-corrected chi connectivity index (χ1v) is 5.99. The third-order valence-electron chi connectivity index (χ3n) is 2.49. The second-order valence-electron chi connectivity index (χ2n) is 4.09. The Morgan fingerprint density at radius 3 is 2.81 bits per heavy atom. The number of aromatic nitrogens is 2. The van der Waals surface area contributed by atoms with Crippen LogP contribution in [0.2, 0.25) is 0 Å². The third-order valence-corrected chi connectivity index (χ3v) is 2.49. The summed E-state index contributed by atoms with van der Waals surface area (Å²) in [7, 11) is 1.28. The Kier molecular flexibility index (Phi) is 4.50. The molecule has 110 valence electrons. The highest BCUT2D eigenvalue weighted by Crippen LogP contribution is 2.10. The van der Waals surface area contributed by atoms with Gasteiger partial charge in [0.2, 0.25) is 0 Å². The average molecular weight is 292 g/mol. The molecule has 0 fully saturated rings. The minimum atomic E-state index is -0.543. The summed E-state index contributed by atoms with van der Waals surface area (Å²) in [4.78, 5) is 22.8. The van der Waals surface area contributed by atoms with Gasteiger partial charge in [-0.15, -0.1) is 0 Å². The normalized spacial score (nSPS) is 10.0. The van der Waals surface area contributed by atoms with Crippen molar-refractivity contribution in [3.05, 3.63) is 42.5 Å². The number of carbonyl (C=O) groups is 2. The van der Waals surface area contributed by atoms with Gasteiger partial charge in [0.25, 0.3) is 0 Å². The van der Waals surface area contributed by atoms with E-state index in [2.05, 4.69) is 20.5 Å². The van der Waals surface area contributed by atoms with E-state index >= 15 is 0 Å². The smallest absolute Gasteiger partial charge is 0.327 e. The molecule has 0 unspecified atom stereocenters. The number of rotatable bonds is 4. The topological polar surface area (TPSA) is 85.2 Å². The highest BCUT2D eigenvalue weighted by molar-refractivity contribution is 5.99. The lowest BCUT2D eigenvalue weighted by atomic mass is 10.3. The predicted molar refractivity (Wildman–Crippen MR) is 73.3 cm³/mol. The molecular formula is C13H13FN4O3. The molecular weight excluding hydrogens is 279 g/mol. The number of ether oxygens (including phenoxy) is 1. The molecule has 2 N–H and O–H groups in total. The Balaban J connectivity index is 1.92. The molecule has 1 aromatic heterocycles. The number of esters is 1. The van der Waals surface area contributed by atoms with Gasteiger partial charge in [0.05, 0.1) is 19.0 Å². The molecule has 2 rings (SSSR count). The lowest BCUT2D eigenvalue weighted by Gasteiger charge is -2.05. The molecule has 1 aromatic carbocycles. The molecule has 7 nitrogen and oxygen atoms in total. The van der Waals surface area contributed by atoms with Crippen LogP contribution in [0.1, 0.15) is 0 Å². The molecule has 2 amide bonds. The summed E-state index contributed by atoms with van der Waals surface area (Å²) >= 11 is 0. The number of nitrogens with zero attached hydrogens (tertiary/aromatic N) is 2. The van der Waals surface area contributed by atoms with Gasteiger partial charge in [0.15, 0.2) is 0 Å². The number of anilines is 2. The lowest BCUT2D eigenvalue weighted by Crippen LogP contribution is -2.19. The van der Waals surface area contributed by atoms with E-state index in [1.807, 2.05) is 0 Å². The zero-order chi connectivity index (χ0) is 15.2. The van der Waals surface area contributed by atoms with Gasteiger partial charge < -0.3 is 15.4 Å². The summed E-state index contributed by atoms with van der Waals surface area (Å²) in [5, 5.41) is 8.88.